The van der Waals surface area contributed by atoms with Crippen molar-refractivity contribution in [2.75, 3.05) is 23.3 Å². The Morgan fingerprint density at radius 2 is 2.06 bits per heavy atom. The number of piperidine rings is 1. The average molecular weight is 425 g/mol. The second-order valence-electron chi connectivity index (χ2n) is 8.88. The van der Waals surface area contributed by atoms with E-state index in [2.05, 4.69) is 30.3 Å². The van der Waals surface area contributed by atoms with Crippen molar-refractivity contribution in [3.05, 3.63) is 40.4 Å². The van der Waals surface area contributed by atoms with Crippen molar-refractivity contribution in [1.29, 1.82) is 0 Å². The number of nitrogens with two attached hydrogens (primary N) is 1. The number of rotatable bonds is 5. The molecule has 0 saturated carbocycles. The fourth-order valence-electron chi connectivity index (χ4n) is 3.90. The molecule has 31 heavy (non-hydrogen) atoms. The minimum absolute atomic E-state index is 0.0739. The zero-order valence-electron chi connectivity index (χ0n) is 18.1. The lowest BCUT2D eigenvalue weighted by Gasteiger charge is -2.32. The van der Waals surface area contributed by atoms with Gasteiger partial charge in [0, 0.05) is 37.3 Å². The van der Waals surface area contributed by atoms with E-state index in [0.29, 0.717) is 23.5 Å². The largest absolute Gasteiger partial charge is 0.369 e. The average Bonchev–Trinajstić information content (AvgIpc) is 3.18. The summed E-state index contributed by atoms with van der Waals surface area (Å²) >= 11 is 0. The van der Waals surface area contributed by atoms with Gasteiger partial charge in [-0.25, -0.2) is 9.67 Å². The molecule has 3 aromatic rings. The number of carbonyl (C=O) groups excluding carboxylic acids is 1. The van der Waals surface area contributed by atoms with Gasteiger partial charge in [0.2, 0.25) is 11.9 Å². The van der Waals surface area contributed by atoms with Gasteiger partial charge in [-0.15, -0.1) is 0 Å². The Morgan fingerprint density at radius 1 is 1.32 bits per heavy atom. The summed E-state index contributed by atoms with van der Waals surface area (Å²) in [5.41, 5.74) is 6.44. The van der Waals surface area contributed by atoms with Crippen molar-refractivity contribution >= 4 is 28.7 Å². The lowest BCUT2D eigenvalue weighted by atomic mass is 9.96. The molecule has 1 aliphatic rings. The minimum atomic E-state index is -0.298. The molecule has 164 valence electrons. The molecule has 0 aromatic carbocycles. The van der Waals surface area contributed by atoms with Gasteiger partial charge in [0.25, 0.3) is 5.56 Å². The zero-order valence-corrected chi connectivity index (χ0v) is 18.1. The van der Waals surface area contributed by atoms with Crippen molar-refractivity contribution in [3.63, 3.8) is 0 Å². The molecule has 4 rings (SSSR count). The van der Waals surface area contributed by atoms with E-state index < -0.39 is 0 Å². The Bertz CT molecular complexity index is 1150. The summed E-state index contributed by atoms with van der Waals surface area (Å²) in [6.45, 7) is 7.93. The van der Waals surface area contributed by atoms with E-state index in [1.807, 2.05) is 32.9 Å². The fraction of sp³-hybridized carbons (Fsp3) is 0.476. The first-order chi connectivity index (χ1) is 14.7. The number of anilines is 2. The normalized spacial score (nSPS) is 15.4. The Hall–Kier alpha value is -3.43. The van der Waals surface area contributed by atoms with Crippen molar-refractivity contribution in [2.45, 2.75) is 45.7 Å². The number of hydrogen-bond donors (Lipinski definition) is 3. The highest BCUT2D eigenvalue weighted by atomic mass is 16.1. The topological polar surface area (TPSA) is 135 Å². The van der Waals surface area contributed by atoms with Gasteiger partial charge in [-0.2, -0.15) is 10.1 Å². The van der Waals surface area contributed by atoms with E-state index in [4.69, 9.17) is 5.73 Å². The molecule has 0 atom stereocenters. The summed E-state index contributed by atoms with van der Waals surface area (Å²) in [5, 5.41) is 8.02. The molecule has 0 spiro atoms. The summed E-state index contributed by atoms with van der Waals surface area (Å²) < 4.78 is 1.75. The molecule has 4 heterocycles. The maximum atomic E-state index is 12.5. The van der Waals surface area contributed by atoms with Gasteiger partial charge in [-0.05, 0) is 39.7 Å². The molecular formula is C21H28N8O2. The van der Waals surface area contributed by atoms with E-state index in [0.717, 1.165) is 37.3 Å². The Balaban J connectivity index is 1.55. The molecule has 0 bridgehead atoms. The first-order valence-electron chi connectivity index (χ1n) is 10.4. The van der Waals surface area contributed by atoms with Crippen LogP contribution in [0, 0.1) is 5.92 Å². The van der Waals surface area contributed by atoms with E-state index >= 15 is 0 Å². The summed E-state index contributed by atoms with van der Waals surface area (Å²) in [6.07, 6.45) is 4.75. The monoisotopic (exact) mass is 424 g/mol. The number of pyridine rings is 1. The van der Waals surface area contributed by atoms with E-state index in [-0.39, 0.29) is 22.9 Å². The third-order valence-corrected chi connectivity index (χ3v) is 5.58. The second-order valence-corrected chi connectivity index (χ2v) is 8.88. The number of H-pyrrole nitrogens is 1. The van der Waals surface area contributed by atoms with Crippen LogP contribution in [0.1, 0.15) is 39.2 Å². The van der Waals surface area contributed by atoms with Crippen LogP contribution >= 0.6 is 0 Å². The highest BCUT2D eigenvalue weighted by molar-refractivity contribution is 5.77. The third kappa shape index (κ3) is 4.23. The summed E-state index contributed by atoms with van der Waals surface area (Å²) in [7, 11) is 0. The van der Waals surface area contributed by atoms with Gasteiger partial charge in [-0.1, -0.05) is 6.07 Å². The summed E-state index contributed by atoms with van der Waals surface area (Å²) in [6, 6.07) is 3.87. The summed E-state index contributed by atoms with van der Waals surface area (Å²) in [5.74, 6) is 0.935. The molecule has 1 aliphatic heterocycles. The molecule has 0 radical (unpaired) electrons. The van der Waals surface area contributed by atoms with Crippen LogP contribution < -0.4 is 21.5 Å². The molecular weight excluding hydrogens is 396 g/mol. The van der Waals surface area contributed by atoms with E-state index in [1.54, 1.807) is 17.1 Å². The lowest BCUT2D eigenvalue weighted by molar-refractivity contribution is -0.122. The second kappa shape index (κ2) is 8.01. The quantitative estimate of drug-likeness (QED) is 0.566. The predicted octanol–water partition coefficient (Wildman–Crippen LogP) is 1.58. The molecule has 10 nitrogen and oxygen atoms in total. The molecule has 1 amide bonds. The van der Waals surface area contributed by atoms with Crippen LogP contribution in [-0.4, -0.2) is 43.7 Å². The van der Waals surface area contributed by atoms with Crippen LogP contribution in [0.3, 0.4) is 0 Å². The number of fused-ring (bicyclic) bond motifs is 1. The highest BCUT2D eigenvalue weighted by Gasteiger charge is 2.25. The molecule has 3 aromatic heterocycles. The molecule has 1 fully saturated rings. The number of amides is 1. The standard InChI is InChI=1S/C21H28N8O2/c1-21(2,3)29-18-15(12-25-29)19(31)27-20(26-18)24-11-14-5-4-8-23-17(14)28-9-6-13(7-10-28)16(22)30/h4-5,8,12-13H,6-7,9-11H2,1-3H3,(H2,22,30)(H2,24,26,27,31). The van der Waals surface area contributed by atoms with Crippen molar-refractivity contribution in [1.82, 2.24) is 24.7 Å². The van der Waals surface area contributed by atoms with Gasteiger partial charge in [0.1, 0.15) is 11.2 Å². The minimum Gasteiger partial charge on any atom is -0.369 e. The maximum absolute atomic E-state index is 12.5. The summed E-state index contributed by atoms with van der Waals surface area (Å²) in [4.78, 5) is 38.1. The zero-order chi connectivity index (χ0) is 22.2. The maximum Gasteiger partial charge on any atom is 0.263 e. The molecule has 0 aliphatic carbocycles. The van der Waals surface area contributed by atoms with Crippen molar-refractivity contribution < 1.29 is 4.79 Å². The molecule has 0 unspecified atom stereocenters. The van der Waals surface area contributed by atoms with Crippen molar-refractivity contribution in [2.24, 2.45) is 11.7 Å². The highest BCUT2D eigenvalue weighted by Crippen LogP contribution is 2.25. The van der Waals surface area contributed by atoms with Crippen LogP contribution in [0.15, 0.2) is 29.3 Å². The lowest BCUT2D eigenvalue weighted by Crippen LogP contribution is -2.39. The number of nitrogens with one attached hydrogen (secondary N) is 2. The number of carbonyl (C=O) groups is 1. The first-order valence-corrected chi connectivity index (χ1v) is 10.4. The van der Waals surface area contributed by atoms with Gasteiger partial charge in [0.15, 0.2) is 5.65 Å². The smallest absolute Gasteiger partial charge is 0.263 e. The number of aromatic amines is 1. The number of primary amides is 1. The molecule has 1 saturated heterocycles. The van der Waals surface area contributed by atoms with Crippen LogP contribution in [0.25, 0.3) is 11.0 Å². The number of hydrogen-bond acceptors (Lipinski definition) is 7. The van der Waals surface area contributed by atoms with Gasteiger partial charge in [-0.3, -0.25) is 14.6 Å². The van der Waals surface area contributed by atoms with E-state index in [1.165, 1.54) is 0 Å². The van der Waals surface area contributed by atoms with Crippen LogP contribution in [0.5, 0.6) is 0 Å². The van der Waals surface area contributed by atoms with Crippen molar-refractivity contribution in [3.8, 4) is 0 Å². The number of aromatic nitrogens is 5. The Kier molecular flexibility index (Phi) is 5.38. The molecule has 4 N–H and O–H groups in total. The van der Waals surface area contributed by atoms with E-state index in [9.17, 15) is 9.59 Å². The first kappa shape index (κ1) is 20.8. The van der Waals surface area contributed by atoms with Gasteiger partial charge < -0.3 is 16.0 Å². The van der Waals surface area contributed by atoms with Crippen LogP contribution in [0.2, 0.25) is 0 Å². The van der Waals surface area contributed by atoms with Gasteiger partial charge >= 0.3 is 0 Å². The number of nitrogens with zero attached hydrogens (tertiary/aromatic N) is 5. The molecule has 10 heteroatoms. The van der Waals surface area contributed by atoms with Gasteiger partial charge in [0.05, 0.1) is 11.7 Å². The van der Waals surface area contributed by atoms with Crippen LogP contribution in [0.4, 0.5) is 11.8 Å². The Labute approximate surface area is 179 Å². The third-order valence-electron chi connectivity index (χ3n) is 5.58. The predicted molar refractivity (Wildman–Crippen MR) is 119 cm³/mol. The fourth-order valence-corrected chi connectivity index (χ4v) is 3.90. The SMILES string of the molecule is CC(C)(C)n1ncc2c(=O)[nH]c(NCc3cccnc3N3CCC(C(N)=O)CC3)nc21. The van der Waals surface area contributed by atoms with Crippen LogP contribution in [-0.2, 0) is 16.9 Å². The Morgan fingerprint density at radius 3 is 2.74 bits per heavy atom.